The lowest BCUT2D eigenvalue weighted by Crippen LogP contribution is -2.28. The predicted molar refractivity (Wildman–Crippen MR) is 75.5 cm³/mol. The normalized spacial score (nSPS) is 13.3. The first-order valence-electron chi connectivity index (χ1n) is 6.63. The molecule has 0 spiro atoms. The van der Waals surface area contributed by atoms with E-state index < -0.39 is 29.0 Å². The minimum atomic E-state index is -1.39. The molecule has 1 nitrogen and oxygen atoms in total. The number of aliphatic hydroxyl groups excluding tert-OH is 1. The summed E-state index contributed by atoms with van der Waals surface area (Å²) in [6.07, 6.45) is -1.39. The van der Waals surface area contributed by atoms with Crippen molar-refractivity contribution in [3.8, 4) is 0 Å². The van der Waals surface area contributed by atoms with Gasteiger partial charge >= 0.3 is 0 Å². The van der Waals surface area contributed by atoms with Crippen molar-refractivity contribution in [2.75, 3.05) is 0 Å². The Morgan fingerprint density at radius 3 is 2.10 bits per heavy atom. The van der Waals surface area contributed by atoms with Gasteiger partial charge in [-0.05, 0) is 36.2 Å². The van der Waals surface area contributed by atoms with E-state index in [2.05, 4.69) is 0 Å². The molecule has 1 N–H and O–H groups in total. The molecule has 112 valence electrons. The second kappa shape index (κ2) is 5.53. The molecule has 2 rings (SSSR count). The number of benzene rings is 2. The monoisotopic (exact) mass is 294 g/mol. The van der Waals surface area contributed by atoms with Gasteiger partial charge in [0.2, 0.25) is 0 Å². The molecule has 0 aliphatic heterocycles. The topological polar surface area (TPSA) is 20.2 Å². The molecule has 21 heavy (non-hydrogen) atoms. The number of rotatable bonds is 3. The van der Waals surface area contributed by atoms with Crippen LogP contribution in [0.15, 0.2) is 36.4 Å². The second-order valence-corrected chi connectivity index (χ2v) is 5.72. The highest BCUT2D eigenvalue weighted by Crippen LogP contribution is 2.39. The van der Waals surface area contributed by atoms with E-state index in [1.54, 1.807) is 13.8 Å². The van der Waals surface area contributed by atoms with E-state index in [0.717, 1.165) is 6.07 Å². The highest BCUT2D eigenvalue weighted by atomic mass is 19.1. The van der Waals surface area contributed by atoms with Gasteiger partial charge in [0, 0.05) is 5.41 Å². The SMILES string of the molecule is Cc1ccc(F)c(C(O)C(C)(C)c2ccc(F)cc2)c1F. The minimum absolute atomic E-state index is 0.264. The van der Waals surface area contributed by atoms with Gasteiger partial charge in [-0.15, -0.1) is 0 Å². The van der Waals surface area contributed by atoms with Crippen LogP contribution in [-0.4, -0.2) is 5.11 Å². The van der Waals surface area contributed by atoms with Crippen molar-refractivity contribution in [2.24, 2.45) is 0 Å². The van der Waals surface area contributed by atoms with E-state index in [9.17, 15) is 18.3 Å². The van der Waals surface area contributed by atoms with Crippen molar-refractivity contribution in [3.05, 3.63) is 70.5 Å². The summed E-state index contributed by atoms with van der Waals surface area (Å²) in [5, 5.41) is 10.5. The Labute approximate surface area is 122 Å². The number of halogens is 3. The summed E-state index contributed by atoms with van der Waals surface area (Å²) in [5.74, 6) is -1.95. The van der Waals surface area contributed by atoms with E-state index in [1.165, 1.54) is 37.3 Å². The maximum Gasteiger partial charge on any atom is 0.134 e. The fourth-order valence-electron chi connectivity index (χ4n) is 2.33. The maximum atomic E-state index is 14.2. The van der Waals surface area contributed by atoms with Crippen LogP contribution in [0.25, 0.3) is 0 Å². The van der Waals surface area contributed by atoms with Crippen LogP contribution in [0.2, 0.25) is 0 Å². The second-order valence-electron chi connectivity index (χ2n) is 5.72. The van der Waals surface area contributed by atoms with Crippen LogP contribution in [0.1, 0.15) is 36.6 Å². The summed E-state index contributed by atoms with van der Waals surface area (Å²) in [7, 11) is 0. The lowest BCUT2D eigenvalue weighted by molar-refractivity contribution is 0.0924. The first-order valence-corrected chi connectivity index (χ1v) is 6.63. The summed E-state index contributed by atoms with van der Waals surface area (Å²) in [6.45, 7) is 4.83. The van der Waals surface area contributed by atoms with Gasteiger partial charge in [0.15, 0.2) is 0 Å². The third-order valence-corrected chi connectivity index (χ3v) is 3.86. The Bertz CT molecular complexity index is 648. The third kappa shape index (κ3) is 2.81. The average molecular weight is 294 g/mol. The molecule has 4 heteroatoms. The Morgan fingerprint density at radius 2 is 1.52 bits per heavy atom. The van der Waals surface area contributed by atoms with Gasteiger partial charge in [0.05, 0.1) is 11.7 Å². The summed E-state index contributed by atoms with van der Waals surface area (Å²) >= 11 is 0. The highest BCUT2D eigenvalue weighted by Gasteiger charge is 2.35. The first kappa shape index (κ1) is 15.6. The smallest absolute Gasteiger partial charge is 0.134 e. The Kier molecular flexibility index (Phi) is 4.10. The predicted octanol–water partition coefficient (Wildman–Crippen LogP) is 4.42. The lowest BCUT2D eigenvalue weighted by atomic mass is 9.76. The quantitative estimate of drug-likeness (QED) is 0.888. The number of hydrogen-bond acceptors (Lipinski definition) is 1. The zero-order valence-corrected chi connectivity index (χ0v) is 12.1. The zero-order valence-electron chi connectivity index (χ0n) is 12.1. The van der Waals surface area contributed by atoms with E-state index >= 15 is 0 Å². The van der Waals surface area contributed by atoms with Crippen molar-refractivity contribution in [2.45, 2.75) is 32.3 Å². The first-order chi connectivity index (χ1) is 9.75. The van der Waals surface area contributed by atoms with Crippen LogP contribution < -0.4 is 0 Å². The Morgan fingerprint density at radius 1 is 0.952 bits per heavy atom. The van der Waals surface area contributed by atoms with Gasteiger partial charge < -0.3 is 5.11 Å². The molecule has 0 aromatic heterocycles. The van der Waals surface area contributed by atoms with E-state index in [1.807, 2.05) is 0 Å². The summed E-state index contributed by atoms with van der Waals surface area (Å²) in [5.41, 5.74) is -0.468. The summed E-state index contributed by atoms with van der Waals surface area (Å²) in [4.78, 5) is 0. The standard InChI is InChI=1S/C17H17F3O/c1-10-4-9-13(19)14(15(10)20)16(21)17(2,3)11-5-7-12(18)8-6-11/h4-9,16,21H,1-3H3. The highest BCUT2D eigenvalue weighted by molar-refractivity contribution is 5.34. The van der Waals surface area contributed by atoms with Gasteiger partial charge in [-0.25, -0.2) is 13.2 Å². The summed E-state index contributed by atoms with van der Waals surface area (Å²) < 4.78 is 41.1. The van der Waals surface area contributed by atoms with Crippen molar-refractivity contribution < 1.29 is 18.3 Å². The zero-order chi connectivity index (χ0) is 15.8. The fraction of sp³-hybridized carbons (Fsp3) is 0.294. The van der Waals surface area contributed by atoms with Crippen LogP contribution in [0.3, 0.4) is 0 Å². The molecule has 0 aliphatic rings. The van der Waals surface area contributed by atoms with Gasteiger partial charge in [-0.3, -0.25) is 0 Å². The van der Waals surface area contributed by atoms with E-state index in [-0.39, 0.29) is 11.1 Å². The minimum Gasteiger partial charge on any atom is -0.387 e. The van der Waals surface area contributed by atoms with Crippen LogP contribution in [0.5, 0.6) is 0 Å². The average Bonchev–Trinajstić information content (AvgIpc) is 2.43. The molecular weight excluding hydrogens is 277 g/mol. The molecule has 1 unspecified atom stereocenters. The van der Waals surface area contributed by atoms with E-state index in [0.29, 0.717) is 5.56 Å². The Hall–Kier alpha value is -1.81. The molecule has 0 bridgehead atoms. The Balaban J connectivity index is 2.50. The molecule has 2 aromatic carbocycles. The van der Waals surface area contributed by atoms with Crippen molar-refractivity contribution in [1.82, 2.24) is 0 Å². The third-order valence-electron chi connectivity index (χ3n) is 3.86. The number of aliphatic hydroxyl groups is 1. The van der Waals surface area contributed by atoms with Crippen LogP contribution in [0, 0.1) is 24.4 Å². The molecular formula is C17H17F3O. The van der Waals surface area contributed by atoms with Crippen LogP contribution in [-0.2, 0) is 5.41 Å². The van der Waals surface area contributed by atoms with Gasteiger partial charge in [-0.2, -0.15) is 0 Å². The fourth-order valence-corrected chi connectivity index (χ4v) is 2.33. The van der Waals surface area contributed by atoms with Crippen molar-refractivity contribution in [1.29, 1.82) is 0 Å². The van der Waals surface area contributed by atoms with E-state index in [4.69, 9.17) is 0 Å². The van der Waals surface area contributed by atoms with Gasteiger partial charge in [0.1, 0.15) is 17.5 Å². The summed E-state index contributed by atoms with van der Waals surface area (Å²) in [6, 6.07) is 7.98. The molecule has 2 aromatic rings. The molecule has 0 fully saturated rings. The van der Waals surface area contributed by atoms with Crippen LogP contribution in [0.4, 0.5) is 13.2 Å². The number of hydrogen-bond donors (Lipinski definition) is 1. The largest absolute Gasteiger partial charge is 0.387 e. The van der Waals surface area contributed by atoms with Gasteiger partial charge in [0.25, 0.3) is 0 Å². The van der Waals surface area contributed by atoms with Crippen molar-refractivity contribution in [3.63, 3.8) is 0 Å². The number of aryl methyl sites for hydroxylation is 1. The molecule has 0 aliphatic carbocycles. The molecule has 0 radical (unpaired) electrons. The molecule has 0 saturated heterocycles. The molecule has 1 atom stereocenters. The molecule has 0 saturated carbocycles. The van der Waals surface area contributed by atoms with Gasteiger partial charge in [-0.1, -0.05) is 32.0 Å². The van der Waals surface area contributed by atoms with Crippen LogP contribution >= 0.6 is 0 Å². The molecule has 0 heterocycles. The molecule has 0 amide bonds. The maximum absolute atomic E-state index is 14.2. The lowest BCUT2D eigenvalue weighted by Gasteiger charge is -2.32. The van der Waals surface area contributed by atoms with Crippen molar-refractivity contribution >= 4 is 0 Å².